The van der Waals surface area contributed by atoms with Crippen molar-refractivity contribution in [2.24, 2.45) is 13.0 Å². The van der Waals surface area contributed by atoms with Crippen LogP contribution in [0.3, 0.4) is 0 Å². The minimum Gasteiger partial charge on any atom is -0.480 e. The smallest absolute Gasteiger partial charge is 0.256 e. The molecule has 1 aliphatic heterocycles. The highest BCUT2D eigenvalue weighted by Gasteiger charge is 2.24. The summed E-state index contributed by atoms with van der Waals surface area (Å²) in [4.78, 5) is 25.2. The molecule has 0 N–H and O–H groups in total. The first-order valence-corrected chi connectivity index (χ1v) is 9.32. The molecule has 0 aliphatic carbocycles. The van der Waals surface area contributed by atoms with Crippen LogP contribution in [0.1, 0.15) is 23.2 Å². The molecule has 8 nitrogen and oxygen atoms in total. The molecule has 0 radical (unpaired) electrons. The lowest BCUT2D eigenvalue weighted by Crippen LogP contribution is -2.40. The number of piperidine rings is 1. The van der Waals surface area contributed by atoms with Crippen LogP contribution in [0.15, 0.2) is 23.1 Å². The predicted molar refractivity (Wildman–Crippen MR) is 101 cm³/mol. The van der Waals surface area contributed by atoms with Crippen LogP contribution >= 0.6 is 15.9 Å². The zero-order chi connectivity index (χ0) is 18.7. The molecule has 1 amide bonds. The topological polar surface area (TPSA) is 76.4 Å². The van der Waals surface area contributed by atoms with Gasteiger partial charge in [-0.1, -0.05) is 0 Å². The number of aromatic nitrogens is 4. The fourth-order valence-corrected chi connectivity index (χ4v) is 3.53. The largest absolute Gasteiger partial charge is 0.480 e. The molecule has 3 heterocycles. The highest BCUT2D eigenvalue weighted by atomic mass is 79.9. The van der Waals surface area contributed by atoms with Crippen molar-refractivity contribution in [2.45, 2.75) is 12.8 Å². The van der Waals surface area contributed by atoms with Gasteiger partial charge in [-0.15, -0.1) is 0 Å². The number of nitrogens with zero attached hydrogens (tertiary/aromatic N) is 6. The molecule has 0 saturated carbocycles. The summed E-state index contributed by atoms with van der Waals surface area (Å²) in [6, 6.07) is 0. The summed E-state index contributed by atoms with van der Waals surface area (Å²) in [6.07, 6.45) is 7.06. The SMILES string of the molecule is COc1nc(N2CCC(CN(C)C(=O)c3cnn(C)c3)CC2)ncc1Br. The summed E-state index contributed by atoms with van der Waals surface area (Å²) in [5.41, 5.74) is 0.628. The van der Waals surface area contributed by atoms with Crippen LogP contribution in [0.4, 0.5) is 5.95 Å². The predicted octanol–water partition coefficient (Wildman–Crippen LogP) is 1.97. The van der Waals surface area contributed by atoms with Crippen LogP contribution in [-0.2, 0) is 7.05 Å². The maximum Gasteiger partial charge on any atom is 0.256 e. The molecule has 0 bridgehead atoms. The molecule has 26 heavy (non-hydrogen) atoms. The molecular weight excluding hydrogens is 400 g/mol. The normalized spacial score (nSPS) is 15.2. The number of rotatable bonds is 5. The summed E-state index contributed by atoms with van der Waals surface area (Å²) in [5, 5.41) is 4.07. The molecule has 0 atom stereocenters. The zero-order valence-corrected chi connectivity index (χ0v) is 16.8. The van der Waals surface area contributed by atoms with Gasteiger partial charge in [0.1, 0.15) is 0 Å². The second-order valence-corrected chi connectivity index (χ2v) is 7.40. The number of halogens is 1. The van der Waals surface area contributed by atoms with Crippen LogP contribution in [0.2, 0.25) is 0 Å². The standard InChI is InChI=1S/C17H23BrN6O2/c1-22(16(25)13-8-20-23(2)11-13)10-12-4-6-24(7-5-12)17-19-9-14(18)15(21-17)26-3/h8-9,11-12H,4-7,10H2,1-3H3. The lowest BCUT2D eigenvalue weighted by atomic mass is 9.96. The number of carbonyl (C=O) groups is 1. The first kappa shape index (κ1) is 18.6. The Hall–Kier alpha value is -2.16. The van der Waals surface area contributed by atoms with Crippen molar-refractivity contribution in [1.82, 2.24) is 24.6 Å². The molecule has 1 fully saturated rings. The van der Waals surface area contributed by atoms with Crippen molar-refractivity contribution in [2.75, 3.05) is 38.7 Å². The molecule has 0 spiro atoms. The van der Waals surface area contributed by atoms with Gasteiger partial charge in [-0.05, 0) is 34.7 Å². The van der Waals surface area contributed by atoms with Gasteiger partial charge in [-0.3, -0.25) is 9.48 Å². The van der Waals surface area contributed by atoms with Crippen LogP contribution in [0.25, 0.3) is 0 Å². The Morgan fingerprint density at radius 1 is 1.38 bits per heavy atom. The molecule has 1 aliphatic rings. The second-order valence-electron chi connectivity index (χ2n) is 6.55. The average Bonchev–Trinajstić information content (AvgIpc) is 3.08. The van der Waals surface area contributed by atoms with Gasteiger partial charge in [0, 0.05) is 39.9 Å². The van der Waals surface area contributed by atoms with E-state index in [2.05, 4.69) is 35.9 Å². The summed E-state index contributed by atoms with van der Waals surface area (Å²) in [7, 11) is 5.26. The zero-order valence-electron chi connectivity index (χ0n) is 15.2. The van der Waals surface area contributed by atoms with Gasteiger partial charge in [-0.25, -0.2) is 4.98 Å². The average molecular weight is 423 g/mol. The molecule has 9 heteroatoms. The molecule has 0 aromatic carbocycles. The molecule has 2 aromatic rings. The maximum atomic E-state index is 12.4. The van der Waals surface area contributed by atoms with Gasteiger partial charge >= 0.3 is 0 Å². The number of hydrogen-bond acceptors (Lipinski definition) is 6. The molecule has 2 aromatic heterocycles. The number of amides is 1. The van der Waals surface area contributed by atoms with E-state index in [0.717, 1.165) is 36.9 Å². The highest BCUT2D eigenvalue weighted by molar-refractivity contribution is 9.10. The van der Waals surface area contributed by atoms with Gasteiger partial charge in [0.2, 0.25) is 11.8 Å². The fourth-order valence-electron chi connectivity index (χ4n) is 3.18. The third-order valence-electron chi connectivity index (χ3n) is 4.62. The number of ether oxygens (including phenoxy) is 1. The van der Waals surface area contributed by atoms with Crippen molar-refractivity contribution < 1.29 is 9.53 Å². The van der Waals surface area contributed by atoms with E-state index in [4.69, 9.17) is 4.74 Å². The minimum absolute atomic E-state index is 0.0153. The second kappa shape index (κ2) is 8.03. The Kier molecular flexibility index (Phi) is 5.75. The van der Waals surface area contributed by atoms with Gasteiger partial charge < -0.3 is 14.5 Å². The van der Waals surface area contributed by atoms with Crippen LogP contribution in [-0.4, -0.2) is 64.3 Å². The van der Waals surface area contributed by atoms with Gasteiger partial charge in [0.15, 0.2) is 0 Å². The van der Waals surface area contributed by atoms with E-state index in [9.17, 15) is 4.79 Å². The first-order chi connectivity index (χ1) is 12.5. The van der Waals surface area contributed by atoms with Gasteiger partial charge in [0.05, 0.1) is 29.5 Å². The molecule has 1 saturated heterocycles. The van der Waals surface area contributed by atoms with E-state index in [0.29, 0.717) is 23.3 Å². The first-order valence-electron chi connectivity index (χ1n) is 8.53. The number of anilines is 1. The van der Waals surface area contributed by atoms with Gasteiger partial charge in [0.25, 0.3) is 5.91 Å². The van der Waals surface area contributed by atoms with Crippen molar-refractivity contribution >= 4 is 27.8 Å². The van der Waals surface area contributed by atoms with Crippen LogP contribution in [0.5, 0.6) is 5.88 Å². The van der Waals surface area contributed by atoms with Crippen LogP contribution < -0.4 is 9.64 Å². The number of methoxy groups -OCH3 is 1. The molecular formula is C17H23BrN6O2. The number of carbonyl (C=O) groups excluding carboxylic acids is 1. The monoisotopic (exact) mass is 422 g/mol. The Morgan fingerprint density at radius 2 is 2.12 bits per heavy atom. The number of hydrogen-bond donors (Lipinski definition) is 0. The van der Waals surface area contributed by atoms with E-state index >= 15 is 0 Å². The van der Waals surface area contributed by atoms with Gasteiger partial charge in [-0.2, -0.15) is 10.1 Å². The highest BCUT2D eigenvalue weighted by Crippen LogP contribution is 2.26. The summed E-state index contributed by atoms with van der Waals surface area (Å²) in [5.74, 6) is 1.71. The summed E-state index contributed by atoms with van der Waals surface area (Å²) >= 11 is 3.37. The van der Waals surface area contributed by atoms with Crippen molar-refractivity contribution in [3.05, 3.63) is 28.6 Å². The fraction of sp³-hybridized carbons (Fsp3) is 0.529. The Bertz CT molecular complexity index is 772. The van der Waals surface area contributed by atoms with E-state index in [-0.39, 0.29) is 5.91 Å². The Morgan fingerprint density at radius 3 is 2.73 bits per heavy atom. The Labute approximate surface area is 161 Å². The third kappa shape index (κ3) is 4.14. The van der Waals surface area contributed by atoms with E-state index in [1.165, 1.54) is 0 Å². The Balaban J connectivity index is 1.54. The van der Waals surface area contributed by atoms with E-state index in [1.807, 2.05) is 14.1 Å². The third-order valence-corrected chi connectivity index (χ3v) is 5.16. The van der Waals surface area contributed by atoms with E-state index in [1.54, 1.807) is 35.3 Å². The van der Waals surface area contributed by atoms with Crippen molar-refractivity contribution in [1.29, 1.82) is 0 Å². The maximum absolute atomic E-state index is 12.4. The van der Waals surface area contributed by atoms with Crippen LogP contribution in [0, 0.1) is 5.92 Å². The lowest BCUT2D eigenvalue weighted by Gasteiger charge is -2.33. The summed E-state index contributed by atoms with van der Waals surface area (Å²) < 4.78 is 7.63. The minimum atomic E-state index is 0.0153. The molecule has 3 rings (SSSR count). The number of aryl methyl sites for hydroxylation is 1. The lowest BCUT2D eigenvalue weighted by molar-refractivity contribution is 0.0764. The van der Waals surface area contributed by atoms with Crippen molar-refractivity contribution in [3.8, 4) is 5.88 Å². The quantitative estimate of drug-likeness (QED) is 0.732. The van der Waals surface area contributed by atoms with E-state index < -0.39 is 0 Å². The molecule has 0 unspecified atom stereocenters. The summed E-state index contributed by atoms with van der Waals surface area (Å²) in [6.45, 7) is 2.47. The van der Waals surface area contributed by atoms with Crippen molar-refractivity contribution in [3.63, 3.8) is 0 Å². The molecule has 140 valence electrons.